The minimum absolute atomic E-state index is 0.916. The van der Waals surface area contributed by atoms with Crippen molar-refractivity contribution in [2.24, 2.45) is 0 Å². The Morgan fingerprint density at radius 1 is 0.500 bits per heavy atom. The van der Waals surface area contributed by atoms with E-state index in [-0.39, 0.29) is 0 Å². The molecule has 0 saturated heterocycles. The third-order valence-electron chi connectivity index (χ3n) is 4.10. The van der Waals surface area contributed by atoms with E-state index in [0.29, 0.717) is 0 Å². The molecular formula is C22H18Br2O2. The predicted molar refractivity (Wildman–Crippen MR) is 116 cm³/mol. The molecule has 0 aliphatic heterocycles. The summed E-state index contributed by atoms with van der Waals surface area (Å²) in [5, 5.41) is 4.64. The first-order valence-electron chi connectivity index (χ1n) is 8.08. The summed E-state index contributed by atoms with van der Waals surface area (Å²) < 4.78 is 12.7. The molecule has 4 heteroatoms. The number of methoxy groups -OCH3 is 2. The molecule has 0 radical (unpaired) electrons. The Morgan fingerprint density at radius 2 is 0.846 bits per heavy atom. The van der Waals surface area contributed by atoms with Gasteiger partial charge in [-0.25, -0.2) is 0 Å². The minimum Gasteiger partial charge on any atom is -0.496 e. The van der Waals surface area contributed by atoms with Gasteiger partial charge in [0.1, 0.15) is 11.5 Å². The first-order valence-corrected chi connectivity index (χ1v) is 9.66. The zero-order valence-corrected chi connectivity index (χ0v) is 17.7. The van der Waals surface area contributed by atoms with E-state index in [2.05, 4.69) is 56.1 Å². The molecule has 132 valence electrons. The van der Waals surface area contributed by atoms with Gasteiger partial charge in [-0.2, -0.15) is 0 Å². The predicted octanol–water partition coefficient (Wildman–Crippen LogP) is 7.22. The molecule has 26 heavy (non-hydrogen) atoms. The number of halogens is 2. The highest BCUT2D eigenvalue weighted by Crippen LogP contribution is 2.31. The molecule has 0 heterocycles. The first-order chi connectivity index (χ1) is 12.7. The lowest BCUT2D eigenvalue weighted by molar-refractivity contribution is 0.419. The van der Waals surface area contributed by atoms with E-state index in [1.807, 2.05) is 48.5 Å². The quantitative estimate of drug-likeness (QED) is 0.306. The van der Waals surface area contributed by atoms with E-state index >= 15 is 0 Å². The SMILES string of the molecule is COc1ccc(Br)c2ccccc12.COc1ccc(Br)c2ccccc12. The van der Waals surface area contributed by atoms with Crippen LogP contribution in [0, 0.1) is 0 Å². The molecule has 0 aliphatic carbocycles. The number of hydrogen-bond acceptors (Lipinski definition) is 2. The molecule has 0 saturated carbocycles. The first kappa shape index (κ1) is 18.7. The van der Waals surface area contributed by atoms with Crippen molar-refractivity contribution in [1.82, 2.24) is 0 Å². The van der Waals surface area contributed by atoms with Crippen LogP contribution in [-0.4, -0.2) is 14.2 Å². The lowest BCUT2D eigenvalue weighted by Crippen LogP contribution is -1.84. The molecule has 0 bridgehead atoms. The number of benzene rings is 4. The summed E-state index contributed by atoms with van der Waals surface area (Å²) in [6.07, 6.45) is 0. The molecule has 0 N–H and O–H groups in total. The maximum atomic E-state index is 5.26. The van der Waals surface area contributed by atoms with E-state index < -0.39 is 0 Å². The molecule has 0 spiro atoms. The summed E-state index contributed by atoms with van der Waals surface area (Å²) in [4.78, 5) is 0. The van der Waals surface area contributed by atoms with Gasteiger partial charge < -0.3 is 9.47 Å². The third-order valence-corrected chi connectivity index (χ3v) is 5.48. The number of fused-ring (bicyclic) bond motifs is 2. The number of ether oxygens (including phenoxy) is 2. The normalized spacial score (nSPS) is 10.3. The fourth-order valence-corrected chi connectivity index (χ4v) is 3.78. The second-order valence-corrected chi connectivity index (χ2v) is 7.30. The van der Waals surface area contributed by atoms with Crippen LogP contribution in [0.25, 0.3) is 21.5 Å². The van der Waals surface area contributed by atoms with E-state index in [1.165, 1.54) is 10.8 Å². The highest BCUT2D eigenvalue weighted by atomic mass is 79.9. The van der Waals surface area contributed by atoms with Crippen molar-refractivity contribution in [3.63, 3.8) is 0 Å². The average Bonchev–Trinajstić information content (AvgIpc) is 2.70. The zero-order valence-electron chi connectivity index (χ0n) is 14.5. The van der Waals surface area contributed by atoms with Crippen LogP contribution in [0.4, 0.5) is 0 Å². The second kappa shape index (κ2) is 8.56. The van der Waals surface area contributed by atoms with Gasteiger partial charge in [-0.3, -0.25) is 0 Å². The van der Waals surface area contributed by atoms with Crippen molar-refractivity contribution in [1.29, 1.82) is 0 Å². The van der Waals surface area contributed by atoms with E-state index in [0.717, 1.165) is 31.2 Å². The minimum atomic E-state index is 0.916. The molecule has 4 aromatic carbocycles. The Hall–Kier alpha value is -2.04. The molecule has 0 unspecified atom stereocenters. The van der Waals surface area contributed by atoms with Gasteiger partial charge in [0.05, 0.1) is 14.2 Å². The Labute approximate surface area is 170 Å². The molecule has 0 aromatic heterocycles. The van der Waals surface area contributed by atoms with Crippen LogP contribution in [0.3, 0.4) is 0 Å². The van der Waals surface area contributed by atoms with Crippen LogP contribution in [0.15, 0.2) is 81.7 Å². The topological polar surface area (TPSA) is 18.5 Å². The fourth-order valence-electron chi connectivity index (χ4n) is 2.83. The molecule has 4 rings (SSSR count). The highest BCUT2D eigenvalue weighted by molar-refractivity contribution is 9.11. The van der Waals surface area contributed by atoms with Crippen molar-refractivity contribution in [2.75, 3.05) is 14.2 Å². The third kappa shape index (κ3) is 3.87. The van der Waals surface area contributed by atoms with Gasteiger partial charge in [0.2, 0.25) is 0 Å². The van der Waals surface area contributed by atoms with Crippen LogP contribution in [-0.2, 0) is 0 Å². The fraction of sp³-hybridized carbons (Fsp3) is 0.0909. The maximum absolute atomic E-state index is 5.26. The molecular weight excluding hydrogens is 456 g/mol. The summed E-state index contributed by atoms with van der Waals surface area (Å²) in [6.45, 7) is 0. The number of hydrogen-bond donors (Lipinski definition) is 0. The number of rotatable bonds is 2. The second-order valence-electron chi connectivity index (χ2n) is 5.59. The molecule has 0 atom stereocenters. The van der Waals surface area contributed by atoms with Gasteiger partial charge in [-0.05, 0) is 35.0 Å². The largest absolute Gasteiger partial charge is 0.496 e. The summed E-state index contributed by atoms with van der Waals surface area (Å²) in [5.41, 5.74) is 0. The standard InChI is InChI=1S/2C11H9BrO/c2*1-13-11-7-6-10(12)8-4-2-3-5-9(8)11/h2*2-7H,1H3. The van der Waals surface area contributed by atoms with Crippen molar-refractivity contribution in [3.05, 3.63) is 81.7 Å². The van der Waals surface area contributed by atoms with Gasteiger partial charge in [0.15, 0.2) is 0 Å². The van der Waals surface area contributed by atoms with Crippen LogP contribution in [0.2, 0.25) is 0 Å². The molecule has 0 amide bonds. The lowest BCUT2D eigenvalue weighted by Gasteiger charge is -2.05. The van der Waals surface area contributed by atoms with Crippen molar-refractivity contribution >= 4 is 53.4 Å². The van der Waals surface area contributed by atoms with Crippen LogP contribution >= 0.6 is 31.9 Å². The van der Waals surface area contributed by atoms with Gasteiger partial charge >= 0.3 is 0 Å². The van der Waals surface area contributed by atoms with Crippen molar-refractivity contribution < 1.29 is 9.47 Å². The molecule has 4 aromatic rings. The van der Waals surface area contributed by atoms with Crippen LogP contribution < -0.4 is 9.47 Å². The smallest absolute Gasteiger partial charge is 0.126 e. The summed E-state index contributed by atoms with van der Waals surface area (Å²) in [5.74, 6) is 1.83. The Morgan fingerprint density at radius 3 is 1.19 bits per heavy atom. The monoisotopic (exact) mass is 472 g/mol. The van der Waals surface area contributed by atoms with E-state index in [1.54, 1.807) is 14.2 Å². The van der Waals surface area contributed by atoms with Gasteiger partial charge in [0.25, 0.3) is 0 Å². The Balaban J connectivity index is 0.000000151. The van der Waals surface area contributed by atoms with Gasteiger partial charge in [0, 0.05) is 19.7 Å². The van der Waals surface area contributed by atoms with Gasteiger partial charge in [-0.1, -0.05) is 80.4 Å². The zero-order chi connectivity index (χ0) is 18.5. The lowest BCUT2D eigenvalue weighted by atomic mass is 10.1. The van der Waals surface area contributed by atoms with Crippen LogP contribution in [0.1, 0.15) is 0 Å². The van der Waals surface area contributed by atoms with Crippen LogP contribution in [0.5, 0.6) is 11.5 Å². The van der Waals surface area contributed by atoms with E-state index in [4.69, 9.17) is 9.47 Å². The molecule has 0 fully saturated rings. The Kier molecular flexibility index (Phi) is 6.17. The van der Waals surface area contributed by atoms with Gasteiger partial charge in [-0.15, -0.1) is 0 Å². The molecule has 0 aliphatic rings. The van der Waals surface area contributed by atoms with Crippen molar-refractivity contribution in [3.8, 4) is 11.5 Å². The average molecular weight is 474 g/mol. The molecule has 2 nitrogen and oxygen atoms in total. The summed E-state index contributed by atoms with van der Waals surface area (Å²) in [7, 11) is 3.38. The highest BCUT2D eigenvalue weighted by Gasteiger charge is 2.03. The maximum Gasteiger partial charge on any atom is 0.126 e. The summed E-state index contributed by atoms with van der Waals surface area (Å²) in [6, 6.07) is 24.2. The van der Waals surface area contributed by atoms with E-state index in [9.17, 15) is 0 Å². The van der Waals surface area contributed by atoms with Crippen molar-refractivity contribution in [2.45, 2.75) is 0 Å². The summed E-state index contributed by atoms with van der Waals surface area (Å²) >= 11 is 7.01. The Bertz CT molecular complexity index is 959.